The van der Waals surface area contributed by atoms with Gasteiger partial charge in [0, 0.05) is 12.1 Å². The maximum atomic E-state index is 12.8. The van der Waals surface area contributed by atoms with Crippen molar-refractivity contribution in [2.45, 2.75) is 13.5 Å². The van der Waals surface area contributed by atoms with E-state index in [9.17, 15) is 4.79 Å². The molecule has 8 heteroatoms. The van der Waals surface area contributed by atoms with Crippen molar-refractivity contribution >= 4 is 17.2 Å². The molecule has 0 unspecified atom stereocenters. The second-order valence-electron chi connectivity index (χ2n) is 5.70. The van der Waals surface area contributed by atoms with E-state index in [2.05, 4.69) is 10.5 Å². The minimum absolute atomic E-state index is 0.260. The number of carbonyl (C=O) groups excluding carboxylic acids is 1. The fourth-order valence-electron chi connectivity index (χ4n) is 2.71. The van der Waals surface area contributed by atoms with E-state index < -0.39 is 0 Å². The molecule has 2 aromatic heterocycles. The van der Waals surface area contributed by atoms with Crippen molar-refractivity contribution in [2.75, 3.05) is 21.3 Å². The largest absolute Gasteiger partial charge is 0.493 e. The van der Waals surface area contributed by atoms with Crippen molar-refractivity contribution in [3.05, 3.63) is 45.8 Å². The van der Waals surface area contributed by atoms with Crippen LogP contribution in [0.3, 0.4) is 0 Å². The molecule has 0 bridgehead atoms. The first-order chi connectivity index (χ1) is 13.1. The normalized spacial score (nSPS) is 10.5. The Balaban J connectivity index is 1.97. The van der Waals surface area contributed by atoms with Crippen LogP contribution in [0.5, 0.6) is 17.2 Å². The molecule has 0 aliphatic heterocycles. The lowest BCUT2D eigenvalue weighted by Crippen LogP contribution is -2.23. The number of aromatic nitrogens is 1. The average molecular weight is 388 g/mol. The van der Waals surface area contributed by atoms with Crippen molar-refractivity contribution in [3.63, 3.8) is 0 Å². The number of carbonyl (C=O) groups is 1. The molecule has 0 saturated carbocycles. The third-order valence-corrected chi connectivity index (χ3v) is 4.78. The van der Waals surface area contributed by atoms with E-state index in [0.29, 0.717) is 46.4 Å². The SMILES string of the molecule is COc1cc(-c2onc(C)c2C(=O)NCc2ccsc2)cc(OC)c1OC. The van der Waals surface area contributed by atoms with Crippen molar-refractivity contribution in [3.8, 4) is 28.6 Å². The Morgan fingerprint density at radius 2 is 1.89 bits per heavy atom. The molecule has 0 aliphatic rings. The van der Waals surface area contributed by atoms with E-state index in [0.717, 1.165) is 5.56 Å². The standard InChI is InChI=1S/C19H20N2O5S/c1-11-16(19(22)20-9-12-5-6-27-10-12)17(26-21-11)13-7-14(23-2)18(25-4)15(8-13)24-3/h5-8,10H,9H2,1-4H3,(H,20,22). The van der Waals surface area contributed by atoms with Gasteiger partial charge in [-0.25, -0.2) is 0 Å². The van der Waals surface area contributed by atoms with Gasteiger partial charge in [0.2, 0.25) is 5.75 Å². The molecular formula is C19H20N2O5S. The van der Waals surface area contributed by atoms with E-state index >= 15 is 0 Å². The zero-order valence-corrected chi connectivity index (χ0v) is 16.3. The van der Waals surface area contributed by atoms with Crippen LogP contribution in [0.1, 0.15) is 21.6 Å². The first kappa shape index (κ1) is 18.8. The summed E-state index contributed by atoms with van der Waals surface area (Å²) in [7, 11) is 4.59. The smallest absolute Gasteiger partial charge is 0.257 e. The van der Waals surface area contributed by atoms with Gasteiger partial charge < -0.3 is 24.1 Å². The van der Waals surface area contributed by atoms with Crippen LogP contribution in [0, 0.1) is 6.92 Å². The van der Waals surface area contributed by atoms with Crippen LogP contribution in [-0.2, 0) is 6.54 Å². The summed E-state index contributed by atoms with van der Waals surface area (Å²) in [5.74, 6) is 1.47. The van der Waals surface area contributed by atoms with Crippen molar-refractivity contribution in [1.82, 2.24) is 10.5 Å². The molecule has 0 spiro atoms. The Kier molecular flexibility index (Phi) is 5.66. The summed E-state index contributed by atoms with van der Waals surface area (Å²) < 4.78 is 21.5. The monoisotopic (exact) mass is 388 g/mol. The molecule has 27 heavy (non-hydrogen) atoms. The highest BCUT2D eigenvalue weighted by molar-refractivity contribution is 7.07. The lowest BCUT2D eigenvalue weighted by molar-refractivity contribution is 0.0950. The maximum Gasteiger partial charge on any atom is 0.257 e. The molecule has 1 aromatic carbocycles. The Labute approximate surface area is 160 Å². The van der Waals surface area contributed by atoms with Gasteiger partial charge in [-0.1, -0.05) is 5.16 Å². The quantitative estimate of drug-likeness (QED) is 0.665. The molecule has 3 aromatic rings. The van der Waals surface area contributed by atoms with Crippen molar-refractivity contribution in [1.29, 1.82) is 0 Å². The van der Waals surface area contributed by atoms with Crippen LogP contribution in [0.25, 0.3) is 11.3 Å². The van der Waals surface area contributed by atoms with Gasteiger partial charge in [0.15, 0.2) is 17.3 Å². The number of aryl methyl sites for hydroxylation is 1. The molecule has 1 N–H and O–H groups in total. The molecular weight excluding hydrogens is 368 g/mol. The summed E-state index contributed by atoms with van der Waals surface area (Å²) >= 11 is 1.58. The zero-order chi connectivity index (χ0) is 19.4. The minimum atomic E-state index is -0.260. The van der Waals surface area contributed by atoms with Gasteiger partial charge in [-0.3, -0.25) is 4.79 Å². The van der Waals surface area contributed by atoms with Crippen LogP contribution in [0.4, 0.5) is 0 Å². The van der Waals surface area contributed by atoms with Gasteiger partial charge in [0.25, 0.3) is 5.91 Å². The van der Waals surface area contributed by atoms with Crippen LogP contribution in [-0.4, -0.2) is 32.4 Å². The molecule has 142 valence electrons. The predicted molar refractivity (Wildman–Crippen MR) is 102 cm³/mol. The summed E-state index contributed by atoms with van der Waals surface area (Å²) in [6, 6.07) is 5.40. The van der Waals surface area contributed by atoms with E-state index in [1.165, 1.54) is 21.3 Å². The Bertz CT molecular complexity index is 909. The Morgan fingerprint density at radius 3 is 2.44 bits per heavy atom. The lowest BCUT2D eigenvalue weighted by Gasteiger charge is -2.13. The molecule has 0 saturated heterocycles. The predicted octanol–water partition coefficient (Wildman–Crippen LogP) is 3.67. The number of hydrogen-bond acceptors (Lipinski definition) is 7. The number of rotatable bonds is 7. The molecule has 0 radical (unpaired) electrons. The van der Waals surface area contributed by atoms with Crippen molar-refractivity contribution < 1.29 is 23.5 Å². The number of hydrogen-bond donors (Lipinski definition) is 1. The Hall–Kier alpha value is -3.00. The van der Waals surface area contributed by atoms with Gasteiger partial charge in [-0.15, -0.1) is 0 Å². The third-order valence-electron chi connectivity index (χ3n) is 4.05. The van der Waals surface area contributed by atoms with E-state index in [-0.39, 0.29) is 5.91 Å². The molecule has 3 rings (SSSR count). The lowest BCUT2D eigenvalue weighted by atomic mass is 10.0. The molecule has 2 heterocycles. The van der Waals surface area contributed by atoms with Gasteiger partial charge >= 0.3 is 0 Å². The summed E-state index contributed by atoms with van der Waals surface area (Å²) in [5, 5.41) is 10.8. The summed E-state index contributed by atoms with van der Waals surface area (Å²) in [6.45, 7) is 2.16. The first-order valence-corrected chi connectivity index (χ1v) is 9.09. The molecule has 0 fully saturated rings. The van der Waals surface area contributed by atoms with Crippen LogP contribution in [0.15, 0.2) is 33.5 Å². The highest BCUT2D eigenvalue weighted by Gasteiger charge is 2.24. The van der Waals surface area contributed by atoms with Crippen LogP contribution < -0.4 is 19.5 Å². The number of thiophene rings is 1. The maximum absolute atomic E-state index is 12.8. The molecule has 1 amide bonds. The number of nitrogens with zero attached hydrogens (tertiary/aromatic N) is 1. The summed E-state index contributed by atoms with van der Waals surface area (Å²) in [6.07, 6.45) is 0. The highest BCUT2D eigenvalue weighted by Crippen LogP contribution is 2.42. The van der Waals surface area contributed by atoms with Gasteiger partial charge in [-0.2, -0.15) is 11.3 Å². The third kappa shape index (κ3) is 3.75. The number of methoxy groups -OCH3 is 3. The fourth-order valence-corrected chi connectivity index (χ4v) is 3.38. The zero-order valence-electron chi connectivity index (χ0n) is 15.5. The first-order valence-electron chi connectivity index (χ1n) is 8.15. The summed E-state index contributed by atoms with van der Waals surface area (Å²) in [4.78, 5) is 12.8. The number of amides is 1. The van der Waals surface area contributed by atoms with Gasteiger partial charge in [0.05, 0.1) is 27.0 Å². The van der Waals surface area contributed by atoms with Crippen molar-refractivity contribution in [2.24, 2.45) is 0 Å². The Morgan fingerprint density at radius 1 is 1.19 bits per heavy atom. The van der Waals surface area contributed by atoms with Crippen LogP contribution in [0.2, 0.25) is 0 Å². The molecule has 7 nitrogen and oxygen atoms in total. The van der Waals surface area contributed by atoms with E-state index in [1.54, 1.807) is 30.4 Å². The average Bonchev–Trinajstić information content (AvgIpc) is 3.34. The molecule has 0 aliphatic carbocycles. The number of nitrogens with one attached hydrogen (secondary N) is 1. The second kappa shape index (κ2) is 8.13. The van der Waals surface area contributed by atoms with Gasteiger partial charge in [-0.05, 0) is 41.4 Å². The van der Waals surface area contributed by atoms with E-state index in [4.69, 9.17) is 18.7 Å². The number of benzene rings is 1. The minimum Gasteiger partial charge on any atom is -0.493 e. The fraction of sp³-hybridized carbons (Fsp3) is 0.263. The number of ether oxygens (including phenoxy) is 3. The topological polar surface area (TPSA) is 82.8 Å². The van der Waals surface area contributed by atoms with Gasteiger partial charge in [0.1, 0.15) is 5.56 Å². The van der Waals surface area contributed by atoms with Crippen LogP contribution >= 0.6 is 11.3 Å². The second-order valence-corrected chi connectivity index (χ2v) is 6.48. The highest BCUT2D eigenvalue weighted by atomic mass is 32.1. The summed E-state index contributed by atoms with van der Waals surface area (Å²) in [5.41, 5.74) is 2.52. The molecule has 0 atom stereocenters. The van der Waals surface area contributed by atoms with E-state index in [1.807, 2.05) is 16.8 Å².